The number of aryl methyl sites for hydroxylation is 1. The van der Waals surface area contributed by atoms with Gasteiger partial charge in [-0.05, 0) is 47.1 Å². The van der Waals surface area contributed by atoms with E-state index in [0.717, 1.165) is 16.7 Å². The average molecular weight is 337 g/mol. The van der Waals surface area contributed by atoms with Gasteiger partial charge in [-0.25, -0.2) is 4.98 Å². The Morgan fingerprint density at radius 1 is 1.59 bits per heavy atom. The second kappa shape index (κ2) is 6.52. The van der Waals surface area contributed by atoms with Crippen LogP contribution in [0.4, 0.5) is 5.82 Å². The van der Waals surface area contributed by atoms with E-state index in [2.05, 4.69) is 45.4 Å². The number of thiocarbonyl (C=S) groups is 1. The van der Waals surface area contributed by atoms with E-state index >= 15 is 0 Å². The Kier molecular flexibility index (Phi) is 5.62. The lowest BCUT2D eigenvalue weighted by Crippen LogP contribution is -2.31. The first-order valence-electron chi connectivity index (χ1n) is 5.27. The number of halogens is 2. The molecule has 1 heterocycles. The Morgan fingerprint density at radius 3 is 2.82 bits per heavy atom. The number of nitrogens with one attached hydrogen (secondary N) is 2. The Bertz CT molecular complexity index is 423. The molecule has 94 valence electrons. The fourth-order valence-corrected chi connectivity index (χ4v) is 1.97. The number of anilines is 1. The van der Waals surface area contributed by atoms with Crippen LogP contribution in [0, 0.1) is 12.8 Å². The summed E-state index contributed by atoms with van der Waals surface area (Å²) < 4.78 is 0.793. The lowest BCUT2D eigenvalue weighted by molar-refractivity contribution is 0.627. The quantitative estimate of drug-likeness (QED) is 0.824. The van der Waals surface area contributed by atoms with Crippen LogP contribution in [0.25, 0.3) is 0 Å². The highest BCUT2D eigenvalue weighted by atomic mass is 79.9. The third-order valence-corrected chi connectivity index (χ3v) is 3.24. The van der Waals surface area contributed by atoms with Gasteiger partial charge in [0, 0.05) is 6.54 Å². The van der Waals surface area contributed by atoms with Crippen molar-refractivity contribution in [2.75, 3.05) is 11.9 Å². The van der Waals surface area contributed by atoms with Crippen molar-refractivity contribution in [3.63, 3.8) is 0 Å². The fourth-order valence-electron chi connectivity index (χ4n) is 1.09. The molecule has 0 aromatic carbocycles. The van der Waals surface area contributed by atoms with Crippen LogP contribution in [-0.2, 0) is 0 Å². The maximum absolute atomic E-state index is 5.96. The molecule has 0 atom stereocenters. The summed E-state index contributed by atoms with van der Waals surface area (Å²) in [6.07, 6.45) is 0. The Hall–Kier alpha value is -0.390. The predicted molar refractivity (Wildman–Crippen MR) is 80.7 cm³/mol. The fraction of sp³-hybridized carbons (Fsp3) is 0.455. The molecule has 0 aliphatic carbocycles. The molecule has 0 amide bonds. The summed E-state index contributed by atoms with van der Waals surface area (Å²) >= 11 is 14.5. The topological polar surface area (TPSA) is 37.0 Å². The molecule has 0 unspecified atom stereocenters. The van der Waals surface area contributed by atoms with Crippen molar-refractivity contribution in [1.82, 2.24) is 10.3 Å². The van der Waals surface area contributed by atoms with E-state index in [-0.39, 0.29) is 0 Å². The molecule has 0 saturated carbocycles. The normalized spacial score (nSPS) is 10.5. The van der Waals surface area contributed by atoms with Crippen LogP contribution in [0.2, 0.25) is 5.02 Å². The summed E-state index contributed by atoms with van der Waals surface area (Å²) in [4.78, 5) is 4.32. The van der Waals surface area contributed by atoms with Crippen LogP contribution in [0.1, 0.15) is 19.5 Å². The zero-order valence-electron chi connectivity index (χ0n) is 9.97. The number of aromatic nitrogens is 1. The van der Waals surface area contributed by atoms with Crippen LogP contribution >= 0.6 is 39.7 Å². The van der Waals surface area contributed by atoms with Crippen molar-refractivity contribution in [1.29, 1.82) is 0 Å². The summed E-state index contributed by atoms with van der Waals surface area (Å²) in [5.74, 6) is 1.21. The van der Waals surface area contributed by atoms with E-state index < -0.39 is 0 Å². The number of hydrogen-bond acceptors (Lipinski definition) is 2. The van der Waals surface area contributed by atoms with Gasteiger partial charge in [0.15, 0.2) is 5.11 Å². The largest absolute Gasteiger partial charge is 0.362 e. The third kappa shape index (κ3) is 4.77. The molecule has 1 rings (SSSR count). The van der Waals surface area contributed by atoms with E-state index in [9.17, 15) is 0 Å². The SMILES string of the molecule is Cc1nc(NC(=S)NCC(C)C)c(Br)cc1Cl. The zero-order chi connectivity index (χ0) is 13.0. The molecule has 0 bridgehead atoms. The van der Waals surface area contributed by atoms with Crippen molar-refractivity contribution < 1.29 is 0 Å². The maximum atomic E-state index is 5.96. The molecule has 0 aliphatic rings. The minimum absolute atomic E-state index is 0.540. The monoisotopic (exact) mass is 335 g/mol. The van der Waals surface area contributed by atoms with Gasteiger partial charge < -0.3 is 10.6 Å². The summed E-state index contributed by atoms with van der Waals surface area (Å²) in [6, 6.07) is 1.80. The standard InChI is InChI=1S/C11H15BrClN3S/c1-6(2)5-14-11(17)16-10-8(12)4-9(13)7(3)15-10/h4,6H,5H2,1-3H3,(H2,14,15,16,17). The van der Waals surface area contributed by atoms with E-state index in [1.165, 1.54) is 0 Å². The highest BCUT2D eigenvalue weighted by Gasteiger charge is 2.07. The molecule has 1 aromatic rings. The third-order valence-electron chi connectivity index (χ3n) is 2.01. The molecule has 1 aromatic heterocycles. The van der Waals surface area contributed by atoms with Crippen LogP contribution < -0.4 is 10.6 Å². The average Bonchev–Trinajstić information content (AvgIpc) is 2.23. The highest BCUT2D eigenvalue weighted by molar-refractivity contribution is 9.10. The molecule has 2 N–H and O–H groups in total. The predicted octanol–water partition coefficient (Wildman–Crippen LogP) is 3.75. The van der Waals surface area contributed by atoms with Gasteiger partial charge in [0.2, 0.25) is 0 Å². The minimum atomic E-state index is 0.540. The van der Waals surface area contributed by atoms with Crippen LogP contribution in [-0.4, -0.2) is 16.6 Å². The second-order valence-corrected chi connectivity index (χ2v) is 5.78. The van der Waals surface area contributed by atoms with Crippen LogP contribution in [0.15, 0.2) is 10.5 Å². The van der Waals surface area contributed by atoms with Crippen molar-refractivity contribution in [3.05, 3.63) is 21.3 Å². The molecule has 0 spiro atoms. The first-order valence-corrected chi connectivity index (χ1v) is 6.85. The smallest absolute Gasteiger partial charge is 0.171 e. The maximum Gasteiger partial charge on any atom is 0.171 e. The molecule has 0 radical (unpaired) electrons. The first-order chi connectivity index (χ1) is 7.90. The first kappa shape index (κ1) is 14.7. The number of rotatable bonds is 3. The summed E-state index contributed by atoms with van der Waals surface area (Å²) in [6.45, 7) is 6.92. The summed E-state index contributed by atoms with van der Waals surface area (Å²) in [7, 11) is 0. The lowest BCUT2D eigenvalue weighted by atomic mass is 10.2. The van der Waals surface area contributed by atoms with Gasteiger partial charge in [-0.3, -0.25) is 0 Å². The minimum Gasteiger partial charge on any atom is -0.362 e. The van der Waals surface area contributed by atoms with Gasteiger partial charge in [-0.15, -0.1) is 0 Å². The lowest BCUT2D eigenvalue weighted by Gasteiger charge is -2.13. The van der Waals surface area contributed by atoms with E-state index in [1.807, 2.05) is 6.92 Å². The van der Waals surface area contributed by atoms with Crippen molar-refractivity contribution in [2.24, 2.45) is 5.92 Å². The van der Waals surface area contributed by atoms with E-state index in [1.54, 1.807) is 6.07 Å². The van der Waals surface area contributed by atoms with Gasteiger partial charge in [-0.1, -0.05) is 25.4 Å². The Morgan fingerprint density at radius 2 is 2.24 bits per heavy atom. The van der Waals surface area contributed by atoms with Gasteiger partial charge in [-0.2, -0.15) is 0 Å². The van der Waals surface area contributed by atoms with Gasteiger partial charge >= 0.3 is 0 Å². The molecular weight excluding hydrogens is 322 g/mol. The van der Waals surface area contributed by atoms with E-state index in [4.69, 9.17) is 23.8 Å². The van der Waals surface area contributed by atoms with Crippen LogP contribution in [0.5, 0.6) is 0 Å². The summed E-state index contributed by atoms with van der Waals surface area (Å²) in [5.41, 5.74) is 0.768. The Labute approximate surface area is 120 Å². The highest BCUT2D eigenvalue weighted by Crippen LogP contribution is 2.25. The summed E-state index contributed by atoms with van der Waals surface area (Å²) in [5, 5.41) is 7.35. The van der Waals surface area contributed by atoms with Gasteiger partial charge in [0.25, 0.3) is 0 Å². The molecule has 3 nitrogen and oxygen atoms in total. The molecule has 17 heavy (non-hydrogen) atoms. The Balaban J connectivity index is 2.68. The number of pyridine rings is 1. The van der Waals surface area contributed by atoms with Crippen LogP contribution in [0.3, 0.4) is 0 Å². The van der Waals surface area contributed by atoms with Crippen molar-refractivity contribution in [3.8, 4) is 0 Å². The number of nitrogens with zero attached hydrogens (tertiary/aromatic N) is 1. The molecular formula is C11H15BrClN3S. The van der Waals surface area contributed by atoms with Gasteiger partial charge in [0.1, 0.15) is 5.82 Å². The van der Waals surface area contributed by atoms with Crippen molar-refractivity contribution >= 4 is 50.7 Å². The molecule has 0 saturated heterocycles. The molecule has 0 fully saturated rings. The number of hydrogen-bond donors (Lipinski definition) is 2. The second-order valence-electron chi connectivity index (χ2n) is 4.11. The zero-order valence-corrected chi connectivity index (χ0v) is 13.1. The van der Waals surface area contributed by atoms with Gasteiger partial charge in [0.05, 0.1) is 15.2 Å². The van der Waals surface area contributed by atoms with Crippen molar-refractivity contribution in [2.45, 2.75) is 20.8 Å². The molecule has 6 heteroatoms. The van der Waals surface area contributed by atoms with E-state index in [0.29, 0.717) is 21.9 Å². The molecule has 0 aliphatic heterocycles.